The van der Waals surface area contributed by atoms with Gasteiger partial charge in [0, 0.05) is 6.20 Å². The van der Waals surface area contributed by atoms with E-state index in [0.717, 1.165) is 0 Å². The molecule has 0 aliphatic carbocycles. The maximum absolute atomic E-state index is 8.64. The van der Waals surface area contributed by atoms with Crippen LogP contribution in [-0.4, -0.2) is 20.4 Å². The standard InChI is InChI=1S/C6H2ClN5/c7-5-4-3(1-8)2-9-6(4)11-12-10-5/h2H,(H,9,10,11). The van der Waals surface area contributed by atoms with E-state index in [4.69, 9.17) is 16.9 Å². The van der Waals surface area contributed by atoms with Crippen LogP contribution in [0.5, 0.6) is 0 Å². The molecule has 0 bridgehead atoms. The van der Waals surface area contributed by atoms with Gasteiger partial charge in [-0.3, -0.25) is 0 Å². The van der Waals surface area contributed by atoms with E-state index in [1.807, 2.05) is 6.07 Å². The first-order valence-electron chi connectivity index (χ1n) is 3.09. The van der Waals surface area contributed by atoms with Gasteiger partial charge in [-0.25, -0.2) is 0 Å². The number of rotatable bonds is 0. The zero-order chi connectivity index (χ0) is 8.55. The van der Waals surface area contributed by atoms with E-state index < -0.39 is 0 Å². The highest BCUT2D eigenvalue weighted by atomic mass is 35.5. The number of H-pyrrole nitrogens is 1. The Kier molecular flexibility index (Phi) is 1.42. The van der Waals surface area contributed by atoms with E-state index in [2.05, 4.69) is 20.4 Å². The predicted octanol–water partition coefficient (Wildman–Crippen LogP) is 0.878. The van der Waals surface area contributed by atoms with Gasteiger partial charge in [-0.1, -0.05) is 11.6 Å². The van der Waals surface area contributed by atoms with Crippen molar-refractivity contribution >= 4 is 22.6 Å². The van der Waals surface area contributed by atoms with Crippen LogP contribution in [0.25, 0.3) is 11.0 Å². The van der Waals surface area contributed by atoms with Gasteiger partial charge in [0.15, 0.2) is 10.8 Å². The van der Waals surface area contributed by atoms with Gasteiger partial charge >= 0.3 is 0 Å². The van der Waals surface area contributed by atoms with Crippen LogP contribution in [0.3, 0.4) is 0 Å². The fourth-order valence-corrected chi connectivity index (χ4v) is 1.17. The minimum atomic E-state index is 0.192. The number of hydrogen-bond acceptors (Lipinski definition) is 4. The van der Waals surface area contributed by atoms with Crippen LogP contribution in [-0.2, 0) is 0 Å². The van der Waals surface area contributed by atoms with E-state index in [-0.39, 0.29) is 5.15 Å². The van der Waals surface area contributed by atoms with Gasteiger partial charge in [0.2, 0.25) is 0 Å². The highest BCUT2D eigenvalue weighted by Crippen LogP contribution is 2.20. The van der Waals surface area contributed by atoms with E-state index in [1.54, 1.807) is 0 Å². The SMILES string of the molecule is N#Cc1c[nH]c2nnnc(Cl)c12. The molecule has 58 valence electrons. The molecule has 1 N–H and O–H groups in total. The number of fused-ring (bicyclic) bond motifs is 1. The van der Waals surface area contributed by atoms with E-state index >= 15 is 0 Å². The van der Waals surface area contributed by atoms with Gasteiger partial charge in [0.25, 0.3) is 0 Å². The number of nitriles is 1. The van der Waals surface area contributed by atoms with Gasteiger partial charge in [-0.05, 0) is 5.21 Å². The molecule has 5 nitrogen and oxygen atoms in total. The number of halogens is 1. The summed E-state index contributed by atoms with van der Waals surface area (Å²) in [7, 11) is 0. The van der Waals surface area contributed by atoms with Crippen molar-refractivity contribution < 1.29 is 0 Å². The molecule has 0 spiro atoms. The molecule has 0 unspecified atom stereocenters. The lowest BCUT2D eigenvalue weighted by atomic mass is 10.3. The Bertz CT molecular complexity index is 468. The van der Waals surface area contributed by atoms with Crippen LogP contribution in [0, 0.1) is 11.3 Å². The highest BCUT2D eigenvalue weighted by Gasteiger charge is 2.08. The molecule has 2 aromatic rings. The van der Waals surface area contributed by atoms with E-state index in [0.29, 0.717) is 16.6 Å². The van der Waals surface area contributed by atoms with Crippen LogP contribution in [0.1, 0.15) is 5.56 Å². The summed E-state index contributed by atoms with van der Waals surface area (Å²) in [6.07, 6.45) is 1.52. The first-order valence-corrected chi connectivity index (χ1v) is 3.47. The van der Waals surface area contributed by atoms with Crippen LogP contribution >= 0.6 is 11.6 Å². The van der Waals surface area contributed by atoms with Crippen LogP contribution in [0.15, 0.2) is 6.20 Å². The Morgan fingerprint density at radius 3 is 3.08 bits per heavy atom. The molecule has 0 atom stereocenters. The van der Waals surface area contributed by atoms with Crippen LogP contribution < -0.4 is 0 Å². The predicted molar refractivity (Wildman–Crippen MR) is 41.4 cm³/mol. The summed E-state index contributed by atoms with van der Waals surface area (Å²) in [4.78, 5) is 2.76. The molecule has 0 radical (unpaired) electrons. The van der Waals surface area contributed by atoms with Crippen LogP contribution in [0.4, 0.5) is 0 Å². The molecule has 6 heteroatoms. The first-order chi connectivity index (χ1) is 5.83. The van der Waals surface area contributed by atoms with Gasteiger partial charge in [0.1, 0.15) is 6.07 Å². The number of hydrogen-bond donors (Lipinski definition) is 1. The average Bonchev–Trinajstić information content (AvgIpc) is 2.49. The lowest BCUT2D eigenvalue weighted by Gasteiger charge is -1.88. The maximum Gasteiger partial charge on any atom is 0.166 e. The zero-order valence-corrected chi connectivity index (χ0v) is 6.50. The monoisotopic (exact) mass is 179 g/mol. The summed E-state index contributed by atoms with van der Waals surface area (Å²) >= 11 is 5.70. The molecule has 0 aliphatic heterocycles. The van der Waals surface area contributed by atoms with Crippen molar-refractivity contribution in [1.82, 2.24) is 20.4 Å². The number of aromatic nitrogens is 4. The Balaban J connectivity index is 2.95. The Labute approximate surface area is 72.0 Å². The molecule has 0 saturated carbocycles. The molecule has 12 heavy (non-hydrogen) atoms. The van der Waals surface area contributed by atoms with Crippen molar-refractivity contribution in [3.63, 3.8) is 0 Å². The third kappa shape index (κ3) is 0.822. The summed E-state index contributed by atoms with van der Waals surface area (Å²) in [5, 5.41) is 19.9. The molecule has 2 aromatic heterocycles. The topological polar surface area (TPSA) is 78.2 Å². The molecule has 0 saturated heterocycles. The molecule has 2 heterocycles. The molecule has 0 amide bonds. The normalized spacial score (nSPS) is 10.0. The minimum Gasteiger partial charge on any atom is -0.343 e. The molecular formula is C6H2ClN5. The quantitative estimate of drug-likeness (QED) is 0.651. The average molecular weight is 180 g/mol. The number of aromatic amines is 1. The molecule has 2 rings (SSSR count). The van der Waals surface area contributed by atoms with E-state index in [9.17, 15) is 0 Å². The second kappa shape index (κ2) is 2.43. The van der Waals surface area contributed by atoms with Crippen molar-refractivity contribution in [2.45, 2.75) is 0 Å². The first kappa shape index (κ1) is 7.00. The Morgan fingerprint density at radius 1 is 1.50 bits per heavy atom. The second-order valence-electron chi connectivity index (χ2n) is 2.12. The van der Waals surface area contributed by atoms with Crippen molar-refractivity contribution in [1.29, 1.82) is 5.26 Å². The van der Waals surface area contributed by atoms with Gasteiger partial charge in [0.05, 0.1) is 10.9 Å². The molecule has 0 aromatic carbocycles. The largest absolute Gasteiger partial charge is 0.343 e. The maximum atomic E-state index is 8.64. The summed E-state index contributed by atoms with van der Waals surface area (Å²) in [6, 6.07) is 1.97. The smallest absolute Gasteiger partial charge is 0.166 e. The molecule has 0 aliphatic rings. The third-order valence-corrected chi connectivity index (χ3v) is 1.73. The van der Waals surface area contributed by atoms with Gasteiger partial charge < -0.3 is 4.98 Å². The highest BCUT2D eigenvalue weighted by molar-refractivity contribution is 6.34. The fraction of sp³-hybridized carbons (Fsp3) is 0. The third-order valence-electron chi connectivity index (χ3n) is 1.46. The van der Waals surface area contributed by atoms with E-state index in [1.165, 1.54) is 6.20 Å². The number of nitrogens with one attached hydrogen (secondary N) is 1. The van der Waals surface area contributed by atoms with Crippen molar-refractivity contribution in [3.05, 3.63) is 16.9 Å². The van der Waals surface area contributed by atoms with Crippen molar-refractivity contribution in [3.8, 4) is 6.07 Å². The number of nitrogens with zero attached hydrogens (tertiary/aromatic N) is 4. The summed E-state index contributed by atoms with van der Waals surface area (Å²) < 4.78 is 0. The molecular weight excluding hydrogens is 178 g/mol. The summed E-state index contributed by atoms with van der Waals surface area (Å²) in [5.41, 5.74) is 0.906. The lowest BCUT2D eigenvalue weighted by Crippen LogP contribution is -1.88. The van der Waals surface area contributed by atoms with Crippen LogP contribution in [0.2, 0.25) is 5.15 Å². The van der Waals surface area contributed by atoms with Gasteiger partial charge in [-0.2, -0.15) is 5.26 Å². The summed E-state index contributed by atoms with van der Waals surface area (Å²) in [6.45, 7) is 0. The lowest BCUT2D eigenvalue weighted by molar-refractivity contribution is 0.889. The van der Waals surface area contributed by atoms with Crippen molar-refractivity contribution in [2.24, 2.45) is 0 Å². The van der Waals surface area contributed by atoms with Crippen molar-refractivity contribution in [2.75, 3.05) is 0 Å². The Morgan fingerprint density at radius 2 is 2.33 bits per heavy atom. The minimum absolute atomic E-state index is 0.192. The molecule has 0 fully saturated rings. The Hall–Kier alpha value is -1.67. The fourth-order valence-electron chi connectivity index (χ4n) is 0.945. The zero-order valence-electron chi connectivity index (χ0n) is 5.74. The second-order valence-corrected chi connectivity index (χ2v) is 2.48. The van der Waals surface area contributed by atoms with Gasteiger partial charge in [-0.15, -0.1) is 10.2 Å². The summed E-state index contributed by atoms with van der Waals surface area (Å²) in [5.74, 6) is 0.